The molecule has 2 aromatic rings. The van der Waals surface area contributed by atoms with Crippen molar-refractivity contribution in [1.82, 2.24) is 9.97 Å². The van der Waals surface area contributed by atoms with Crippen LogP contribution in [-0.4, -0.2) is 9.97 Å². The van der Waals surface area contributed by atoms with Gasteiger partial charge in [0.05, 0.1) is 17.9 Å². The third-order valence-corrected chi connectivity index (χ3v) is 3.76. The Morgan fingerprint density at radius 2 is 2.16 bits per heavy atom. The SMILES string of the molecule is NC(c1ccc(F)cn1)C1CCCc2cccnc21. The van der Waals surface area contributed by atoms with E-state index in [1.165, 1.54) is 17.8 Å². The first-order valence-electron chi connectivity index (χ1n) is 6.56. The van der Waals surface area contributed by atoms with Crippen LogP contribution in [0.25, 0.3) is 0 Å². The van der Waals surface area contributed by atoms with Crippen molar-refractivity contribution in [2.75, 3.05) is 0 Å². The normalized spacial score (nSPS) is 19.8. The summed E-state index contributed by atoms with van der Waals surface area (Å²) in [5, 5.41) is 0. The lowest BCUT2D eigenvalue weighted by atomic mass is 9.81. The standard InChI is InChI=1S/C15H16FN3/c16-11-6-7-13(19-9-11)14(17)12-5-1-3-10-4-2-8-18-15(10)12/h2,4,6-9,12,14H,1,3,5,17H2. The Morgan fingerprint density at radius 3 is 2.95 bits per heavy atom. The molecule has 0 radical (unpaired) electrons. The molecule has 2 heterocycles. The highest BCUT2D eigenvalue weighted by Gasteiger charge is 2.28. The van der Waals surface area contributed by atoms with E-state index in [4.69, 9.17) is 5.73 Å². The molecule has 0 spiro atoms. The zero-order valence-corrected chi connectivity index (χ0v) is 10.6. The van der Waals surface area contributed by atoms with Crippen molar-refractivity contribution in [2.24, 2.45) is 5.73 Å². The lowest BCUT2D eigenvalue weighted by Gasteiger charge is -2.28. The van der Waals surface area contributed by atoms with E-state index in [1.54, 1.807) is 6.07 Å². The van der Waals surface area contributed by atoms with Gasteiger partial charge in [-0.1, -0.05) is 6.07 Å². The number of halogens is 1. The van der Waals surface area contributed by atoms with Crippen molar-refractivity contribution in [3.63, 3.8) is 0 Å². The third-order valence-electron chi connectivity index (χ3n) is 3.76. The highest BCUT2D eigenvalue weighted by molar-refractivity contribution is 5.29. The summed E-state index contributed by atoms with van der Waals surface area (Å²) in [5.41, 5.74) is 9.39. The number of rotatable bonds is 2. The van der Waals surface area contributed by atoms with Crippen LogP contribution in [0.4, 0.5) is 4.39 Å². The van der Waals surface area contributed by atoms with Crippen molar-refractivity contribution in [1.29, 1.82) is 0 Å². The first-order chi connectivity index (χ1) is 9.25. The Morgan fingerprint density at radius 1 is 1.26 bits per heavy atom. The number of hydrogen-bond donors (Lipinski definition) is 1. The number of aromatic nitrogens is 2. The van der Waals surface area contributed by atoms with Gasteiger partial charge < -0.3 is 5.73 Å². The summed E-state index contributed by atoms with van der Waals surface area (Å²) in [6, 6.07) is 6.92. The van der Waals surface area contributed by atoms with Gasteiger partial charge in [0.2, 0.25) is 0 Å². The number of pyridine rings is 2. The molecule has 0 saturated heterocycles. The molecule has 2 N–H and O–H groups in total. The van der Waals surface area contributed by atoms with Gasteiger partial charge in [-0.05, 0) is 43.0 Å². The van der Waals surface area contributed by atoms with E-state index in [-0.39, 0.29) is 17.8 Å². The van der Waals surface area contributed by atoms with Crippen LogP contribution < -0.4 is 5.73 Å². The topological polar surface area (TPSA) is 51.8 Å². The number of nitrogens with zero attached hydrogens (tertiary/aromatic N) is 2. The molecule has 2 unspecified atom stereocenters. The summed E-state index contributed by atoms with van der Waals surface area (Å²) in [6.07, 6.45) is 6.20. The van der Waals surface area contributed by atoms with Crippen molar-refractivity contribution in [2.45, 2.75) is 31.2 Å². The zero-order valence-electron chi connectivity index (χ0n) is 10.6. The third kappa shape index (κ3) is 2.36. The van der Waals surface area contributed by atoms with Crippen LogP contribution >= 0.6 is 0 Å². The maximum absolute atomic E-state index is 12.9. The summed E-state index contributed by atoms with van der Waals surface area (Å²) in [6.45, 7) is 0. The summed E-state index contributed by atoms with van der Waals surface area (Å²) >= 11 is 0. The van der Waals surface area contributed by atoms with E-state index < -0.39 is 0 Å². The Hall–Kier alpha value is -1.81. The maximum atomic E-state index is 12.9. The molecule has 4 heteroatoms. The number of hydrogen-bond acceptors (Lipinski definition) is 3. The number of nitrogens with two attached hydrogens (primary N) is 1. The minimum atomic E-state index is -0.335. The van der Waals surface area contributed by atoms with Crippen LogP contribution in [-0.2, 0) is 6.42 Å². The molecular formula is C15H16FN3. The predicted octanol–water partition coefficient (Wildman–Crippen LogP) is 2.74. The highest BCUT2D eigenvalue weighted by Crippen LogP contribution is 2.37. The molecular weight excluding hydrogens is 241 g/mol. The highest BCUT2D eigenvalue weighted by atomic mass is 19.1. The predicted molar refractivity (Wildman–Crippen MR) is 71.0 cm³/mol. The van der Waals surface area contributed by atoms with Crippen molar-refractivity contribution < 1.29 is 4.39 Å². The molecule has 2 atom stereocenters. The van der Waals surface area contributed by atoms with Crippen LogP contribution in [0.1, 0.15) is 41.8 Å². The van der Waals surface area contributed by atoms with Gasteiger partial charge in [-0.2, -0.15) is 0 Å². The zero-order chi connectivity index (χ0) is 13.2. The molecule has 1 aliphatic rings. The van der Waals surface area contributed by atoms with E-state index in [9.17, 15) is 4.39 Å². The number of fused-ring (bicyclic) bond motifs is 1. The lowest BCUT2D eigenvalue weighted by molar-refractivity contribution is 0.455. The van der Waals surface area contributed by atoms with Gasteiger partial charge in [-0.3, -0.25) is 9.97 Å². The maximum Gasteiger partial charge on any atom is 0.141 e. The van der Waals surface area contributed by atoms with Gasteiger partial charge in [-0.15, -0.1) is 0 Å². The second kappa shape index (κ2) is 5.05. The molecule has 3 nitrogen and oxygen atoms in total. The lowest BCUT2D eigenvalue weighted by Crippen LogP contribution is -2.25. The molecule has 1 aliphatic carbocycles. The largest absolute Gasteiger partial charge is 0.322 e. The minimum Gasteiger partial charge on any atom is -0.322 e. The molecule has 0 fully saturated rings. The second-order valence-corrected chi connectivity index (χ2v) is 4.97. The molecule has 98 valence electrons. The fraction of sp³-hybridized carbons (Fsp3) is 0.333. The summed E-state index contributed by atoms with van der Waals surface area (Å²) in [5.74, 6) is -0.166. The van der Waals surface area contributed by atoms with E-state index in [1.807, 2.05) is 12.3 Å². The van der Waals surface area contributed by atoms with Gasteiger partial charge in [0.15, 0.2) is 0 Å². The smallest absolute Gasteiger partial charge is 0.141 e. The van der Waals surface area contributed by atoms with Crippen LogP contribution in [0.3, 0.4) is 0 Å². The quantitative estimate of drug-likeness (QED) is 0.900. The molecule has 0 amide bonds. The summed E-state index contributed by atoms with van der Waals surface area (Å²) in [7, 11) is 0. The average Bonchev–Trinajstić information content (AvgIpc) is 2.47. The fourth-order valence-corrected chi connectivity index (χ4v) is 2.79. The van der Waals surface area contributed by atoms with Crippen LogP contribution in [0.15, 0.2) is 36.7 Å². The molecule has 3 rings (SSSR count). The van der Waals surface area contributed by atoms with Gasteiger partial charge in [0, 0.05) is 17.8 Å². The Kier molecular flexibility index (Phi) is 3.25. The van der Waals surface area contributed by atoms with Crippen LogP contribution in [0.5, 0.6) is 0 Å². The Bertz CT molecular complexity index is 568. The summed E-state index contributed by atoms with van der Waals surface area (Å²) in [4.78, 5) is 8.58. The second-order valence-electron chi connectivity index (χ2n) is 4.97. The van der Waals surface area contributed by atoms with Crippen molar-refractivity contribution in [3.05, 3.63) is 59.4 Å². The molecule has 0 bridgehead atoms. The first kappa shape index (κ1) is 12.2. The fourth-order valence-electron chi connectivity index (χ4n) is 2.79. The molecule has 0 aliphatic heterocycles. The van der Waals surface area contributed by atoms with E-state index >= 15 is 0 Å². The monoisotopic (exact) mass is 257 g/mol. The molecule has 0 saturated carbocycles. The van der Waals surface area contributed by atoms with E-state index in [2.05, 4.69) is 16.0 Å². The van der Waals surface area contributed by atoms with Gasteiger partial charge >= 0.3 is 0 Å². The van der Waals surface area contributed by atoms with Gasteiger partial charge in [0.25, 0.3) is 0 Å². The molecule has 0 aromatic carbocycles. The van der Waals surface area contributed by atoms with Crippen LogP contribution in [0, 0.1) is 5.82 Å². The number of aryl methyl sites for hydroxylation is 1. The van der Waals surface area contributed by atoms with Gasteiger partial charge in [0.1, 0.15) is 5.82 Å². The Labute approximate surface area is 111 Å². The average molecular weight is 257 g/mol. The van der Waals surface area contributed by atoms with Crippen LogP contribution in [0.2, 0.25) is 0 Å². The first-order valence-corrected chi connectivity index (χ1v) is 6.56. The van der Waals surface area contributed by atoms with Crippen molar-refractivity contribution in [3.8, 4) is 0 Å². The molecule has 2 aromatic heterocycles. The molecule has 19 heavy (non-hydrogen) atoms. The summed E-state index contributed by atoms with van der Waals surface area (Å²) < 4.78 is 12.9. The van der Waals surface area contributed by atoms with Crippen molar-refractivity contribution >= 4 is 0 Å². The van der Waals surface area contributed by atoms with E-state index in [0.29, 0.717) is 0 Å². The minimum absolute atomic E-state index is 0.169. The Balaban J connectivity index is 1.92. The van der Waals surface area contributed by atoms with Gasteiger partial charge in [-0.25, -0.2) is 4.39 Å². The van der Waals surface area contributed by atoms with E-state index in [0.717, 1.165) is 30.7 Å².